The van der Waals surface area contributed by atoms with E-state index in [0.29, 0.717) is 0 Å². The van der Waals surface area contributed by atoms with Gasteiger partial charge in [-0.15, -0.1) is 0 Å². The Labute approximate surface area is 129 Å². The summed E-state index contributed by atoms with van der Waals surface area (Å²) in [5.74, 6) is -0.322. The number of carbonyl (C=O) groups excluding carboxylic acids is 1. The Bertz CT molecular complexity index is 726. The highest BCUT2D eigenvalue weighted by Crippen LogP contribution is 2.20. The number of aryl methyl sites for hydroxylation is 2. The van der Waals surface area contributed by atoms with Crippen LogP contribution in [0.15, 0.2) is 42.5 Å². The van der Waals surface area contributed by atoms with Crippen molar-refractivity contribution in [3.05, 3.63) is 74.8 Å². The molecular weight excluding hydrogens is 280 g/mol. The zero-order valence-corrected chi connectivity index (χ0v) is 12.8. The maximum Gasteiger partial charge on any atom is 0.270 e. The molecule has 0 aliphatic heterocycles. The molecule has 2 aromatic carbocycles. The Balaban J connectivity index is 2.19. The van der Waals surface area contributed by atoms with E-state index in [1.807, 2.05) is 39.0 Å². The molecule has 0 fully saturated rings. The molecule has 1 atom stereocenters. The van der Waals surface area contributed by atoms with Crippen LogP contribution in [0.1, 0.15) is 40.0 Å². The molecule has 0 saturated carbocycles. The quantitative estimate of drug-likeness (QED) is 0.691. The molecule has 1 N–H and O–H groups in total. The van der Waals surface area contributed by atoms with E-state index in [9.17, 15) is 14.9 Å². The highest BCUT2D eigenvalue weighted by atomic mass is 16.6. The number of hydrogen-bond donors (Lipinski definition) is 1. The van der Waals surface area contributed by atoms with Gasteiger partial charge in [0.05, 0.1) is 11.0 Å². The predicted octanol–water partition coefficient (Wildman–Crippen LogP) is 3.70. The molecule has 0 heterocycles. The molecule has 0 spiro atoms. The number of hydrogen-bond acceptors (Lipinski definition) is 3. The largest absolute Gasteiger partial charge is 0.346 e. The Morgan fingerprint density at radius 2 is 1.91 bits per heavy atom. The zero-order valence-electron chi connectivity index (χ0n) is 12.8. The van der Waals surface area contributed by atoms with Gasteiger partial charge in [0, 0.05) is 17.7 Å². The van der Waals surface area contributed by atoms with Crippen LogP contribution in [-0.2, 0) is 0 Å². The molecule has 0 unspecified atom stereocenters. The Hall–Kier alpha value is -2.69. The highest BCUT2D eigenvalue weighted by Gasteiger charge is 2.15. The van der Waals surface area contributed by atoms with Gasteiger partial charge >= 0.3 is 0 Å². The number of nitrogens with one attached hydrogen (secondary N) is 1. The first-order valence-corrected chi connectivity index (χ1v) is 7.01. The van der Waals surface area contributed by atoms with Crippen LogP contribution in [0, 0.1) is 24.0 Å². The number of amides is 1. The fourth-order valence-corrected chi connectivity index (χ4v) is 2.34. The van der Waals surface area contributed by atoms with Crippen molar-refractivity contribution in [2.45, 2.75) is 26.8 Å². The number of non-ortho nitro benzene ring substituents is 1. The molecule has 114 valence electrons. The van der Waals surface area contributed by atoms with Crippen LogP contribution in [0.3, 0.4) is 0 Å². The summed E-state index contributed by atoms with van der Waals surface area (Å²) in [6, 6.07) is 11.6. The second-order valence-electron chi connectivity index (χ2n) is 5.36. The van der Waals surface area contributed by atoms with E-state index in [2.05, 4.69) is 5.32 Å². The summed E-state index contributed by atoms with van der Waals surface area (Å²) in [6.07, 6.45) is 0. The molecule has 0 radical (unpaired) electrons. The second kappa shape index (κ2) is 6.39. The lowest BCUT2D eigenvalue weighted by Crippen LogP contribution is -2.27. The summed E-state index contributed by atoms with van der Waals surface area (Å²) < 4.78 is 0. The summed E-state index contributed by atoms with van der Waals surface area (Å²) in [5, 5.41) is 13.7. The van der Waals surface area contributed by atoms with Gasteiger partial charge < -0.3 is 5.32 Å². The van der Waals surface area contributed by atoms with E-state index in [4.69, 9.17) is 0 Å². The number of rotatable bonds is 4. The van der Waals surface area contributed by atoms with Crippen LogP contribution in [0.5, 0.6) is 0 Å². The van der Waals surface area contributed by atoms with E-state index < -0.39 is 4.92 Å². The Morgan fingerprint density at radius 3 is 2.59 bits per heavy atom. The van der Waals surface area contributed by atoms with E-state index in [1.165, 1.54) is 18.2 Å². The second-order valence-corrected chi connectivity index (χ2v) is 5.36. The first-order chi connectivity index (χ1) is 10.4. The van der Waals surface area contributed by atoms with Crippen LogP contribution in [0.2, 0.25) is 0 Å². The minimum atomic E-state index is -0.509. The predicted molar refractivity (Wildman–Crippen MR) is 84.9 cm³/mol. The fraction of sp³-hybridized carbons (Fsp3) is 0.235. The van der Waals surface area contributed by atoms with Gasteiger partial charge in [0.1, 0.15) is 0 Å². The van der Waals surface area contributed by atoms with Crippen LogP contribution < -0.4 is 5.32 Å². The van der Waals surface area contributed by atoms with Crippen molar-refractivity contribution in [3.63, 3.8) is 0 Å². The summed E-state index contributed by atoms with van der Waals surface area (Å²) in [4.78, 5) is 22.5. The summed E-state index contributed by atoms with van der Waals surface area (Å²) >= 11 is 0. The number of benzene rings is 2. The minimum absolute atomic E-state index is 0.0907. The molecule has 0 aliphatic rings. The zero-order chi connectivity index (χ0) is 16.3. The first-order valence-electron chi connectivity index (χ1n) is 7.01. The number of nitro groups is 1. The van der Waals surface area contributed by atoms with Crippen LogP contribution in [0.25, 0.3) is 0 Å². The normalized spacial score (nSPS) is 11.8. The Kier molecular flexibility index (Phi) is 4.56. The van der Waals surface area contributed by atoms with E-state index in [0.717, 1.165) is 16.7 Å². The first kappa shape index (κ1) is 15.7. The van der Waals surface area contributed by atoms with E-state index in [1.54, 1.807) is 6.07 Å². The molecule has 1 amide bonds. The van der Waals surface area contributed by atoms with Gasteiger partial charge in [0.15, 0.2) is 0 Å². The third kappa shape index (κ3) is 3.49. The molecule has 22 heavy (non-hydrogen) atoms. The summed E-state index contributed by atoms with van der Waals surface area (Å²) in [6.45, 7) is 5.89. The van der Waals surface area contributed by atoms with Crippen molar-refractivity contribution in [1.29, 1.82) is 0 Å². The lowest BCUT2D eigenvalue weighted by Gasteiger charge is -2.17. The lowest BCUT2D eigenvalue weighted by atomic mass is 9.99. The number of carbonyl (C=O) groups is 1. The molecule has 2 rings (SSSR count). The summed E-state index contributed by atoms with van der Waals surface area (Å²) in [7, 11) is 0. The molecule has 5 heteroatoms. The van der Waals surface area contributed by atoms with Gasteiger partial charge in [-0.1, -0.05) is 29.8 Å². The average Bonchev–Trinajstić information content (AvgIpc) is 2.49. The SMILES string of the molecule is Cc1ccc(C)c([C@@H](C)NC(=O)c2cccc([N+](=O)[O-])c2)c1. The third-order valence-electron chi connectivity index (χ3n) is 3.57. The van der Waals surface area contributed by atoms with Crippen LogP contribution in [-0.4, -0.2) is 10.8 Å². The van der Waals surface area contributed by atoms with Crippen molar-refractivity contribution in [1.82, 2.24) is 5.32 Å². The van der Waals surface area contributed by atoms with Crippen LogP contribution >= 0.6 is 0 Å². The molecule has 5 nitrogen and oxygen atoms in total. The van der Waals surface area contributed by atoms with Crippen molar-refractivity contribution in [2.75, 3.05) is 0 Å². The topological polar surface area (TPSA) is 72.2 Å². The standard InChI is InChI=1S/C17H18N2O3/c1-11-7-8-12(2)16(9-11)13(3)18-17(20)14-5-4-6-15(10-14)19(21)22/h4-10,13H,1-3H3,(H,18,20)/t13-/m1/s1. The molecule has 0 aromatic heterocycles. The van der Waals surface area contributed by atoms with Crippen molar-refractivity contribution in [3.8, 4) is 0 Å². The van der Waals surface area contributed by atoms with E-state index in [-0.39, 0.29) is 23.2 Å². The number of nitro benzene ring substituents is 1. The van der Waals surface area contributed by atoms with Crippen molar-refractivity contribution in [2.24, 2.45) is 0 Å². The molecule has 0 saturated heterocycles. The lowest BCUT2D eigenvalue weighted by molar-refractivity contribution is -0.384. The van der Waals surface area contributed by atoms with Crippen molar-refractivity contribution >= 4 is 11.6 Å². The van der Waals surface area contributed by atoms with Gasteiger partial charge in [-0.3, -0.25) is 14.9 Å². The van der Waals surface area contributed by atoms with E-state index >= 15 is 0 Å². The monoisotopic (exact) mass is 298 g/mol. The maximum atomic E-state index is 12.3. The molecular formula is C17H18N2O3. The van der Waals surface area contributed by atoms with Gasteiger partial charge in [-0.25, -0.2) is 0 Å². The third-order valence-corrected chi connectivity index (χ3v) is 3.57. The van der Waals surface area contributed by atoms with Crippen molar-refractivity contribution < 1.29 is 9.72 Å². The highest BCUT2D eigenvalue weighted by molar-refractivity contribution is 5.95. The van der Waals surface area contributed by atoms with Gasteiger partial charge in [-0.05, 0) is 38.0 Å². The van der Waals surface area contributed by atoms with Gasteiger partial charge in [-0.2, -0.15) is 0 Å². The minimum Gasteiger partial charge on any atom is -0.346 e. The van der Waals surface area contributed by atoms with Gasteiger partial charge in [0.25, 0.3) is 11.6 Å². The fourth-order valence-electron chi connectivity index (χ4n) is 2.34. The van der Waals surface area contributed by atoms with Gasteiger partial charge in [0.2, 0.25) is 0 Å². The Morgan fingerprint density at radius 1 is 1.18 bits per heavy atom. The molecule has 0 bridgehead atoms. The molecule has 2 aromatic rings. The maximum absolute atomic E-state index is 12.3. The smallest absolute Gasteiger partial charge is 0.270 e. The number of nitrogens with zero attached hydrogens (tertiary/aromatic N) is 1. The summed E-state index contributed by atoms with van der Waals surface area (Å²) in [5.41, 5.74) is 3.45. The van der Waals surface area contributed by atoms with Crippen LogP contribution in [0.4, 0.5) is 5.69 Å². The average molecular weight is 298 g/mol. The molecule has 0 aliphatic carbocycles.